The van der Waals surface area contributed by atoms with Crippen LogP contribution in [0.25, 0.3) is 0 Å². The predicted octanol–water partition coefficient (Wildman–Crippen LogP) is 2.99. The standard InChI is InChI=1S/C43H86N3O21P3/c1-3-5-7-9-11-13-15-17-19-21-30(48)25-36(51)45-32-27-33(50)41(65-69(57,58)59)34(28-47)63-42(32)62-29-35-39(53)40(54)38(43(64-35)66-70(60,61)67-68(55,56)24-23-44)46-37(52)26-31(49)22-20-18-16-14-12-10-8-6-4-2/h30-35,38-43,47-50,53-54H,3-29,44H2,1-2H3,(H,45,51)(H,46,52)(H,55,56)(H,60,61)(H2,57,58,59)/t30-,31-,32?,33?,34?,35?,38?,39-,40?,41+,42-,43-/m1/s1. The molecular weight excluding hydrogens is 987 g/mol. The van der Waals surface area contributed by atoms with Gasteiger partial charge in [-0.25, -0.2) is 13.4 Å². The molecule has 2 rings (SSSR count). The van der Waals surface area contributed by atoms with Crippen LogP contribution < -0.4 is 16.4 Å². The first-order chi connectivity index (χ1) is 33.0. The SMILES string of the molecule is CCCCCCCCCCC[C@@H](O)CC(=O)NC1CC(O)[C@H](OP(=O)(O)O)C(CO)O[C@H]1OCC1O[C@H](OP(=O)(O)OP(=O)(O)CCN)C(NC(=O)C[C@H](O)CCCCCCCCCCC)C(O)[C@@H]1O. The number of aliphatic hydroxyl groups is 6. The molecule has 27 heteroatoms. The van der Waals surface area contributed by atoms with Crippen molar-refractivity contribution in [1.82, 2.24) is 10.6 Å². The van der Waals surface area contributed by atoms with E-state index in [1.54, 1.807) is 0 Å². The molecule has 0 aromatic rings. The number of aliphatic hydroxyl groups excluding tert-OH is 6. The molecule has 2 fully saturated rings. The van der Waals surface area contributed by atoms with Crippen molar-refractivity contribution in [2.45, 2.75) is 235 Å². The minimum atomic E-state index is -5.63. The summed E-state index contributed by atoms with van der Waals surface area (Å²) in [4.78, 5) is 66.3. The second kappa shape index (κ2) is 34.5. The monoisotopic (exact) mass is 1070 g/mol. The molecule has 2 amide bonds. The lowest BCUT2D eigenvalue weighted by Crippen LogP contribution is -2.65. The van der Waals surface area contributed by atoms with Gasteiger partial charge in [0, 0.05) is 13.0 Å². The van der Waals surface area contributed by atoms with E-state index >= 15 is 0 Å². The number of hydrogen-bond donors (Lipinski definition) is 13. The largest absolute Gasteiger partial charge is 0.481 e. The zero-order chi connectivity index (χ0) is 52.3. The summed E-state index contributed by atoms with van der Waals surface area (Å²) in [5, 5.41) is 70.1. The Labute approximate surface area is 412 Å². The Hall–Kier alpha value is -1.05. The predicted molar refractivity (Wildman–Crippen MR) is 254 cm³/mol. The second-order valence-electron chi connectivity index (χ2n) is 18.5. The summed E-state index contributed by atoms with van der Waals surface area (Å²) in [6.45, 7) is 1.96. The molecule has 70 heavy (non-hydrogen) atoms. The summed E-state index contributed by atoms with van der Waals surface area (Å²) in [6.07, 6.45) is -0.689. The lowest BCUT2D eigenvalue weighted by Gasteiger charge is -2.43. The first-order valence-corrected chi connectivity index (χ1v) is 29.8. The number of carbonyl (C=O) groups excluding carboxylic acids is 2. The average Bonchev–Trinajstić information content (AvgIpc) is 3.37. The number of nitrogens with one attached hydrogen (secondary N) is 2. The van der Waals surface area contributed by atoms with Gasteiger partial charge in [0.15, 0.2) is 12.6 Å². The first-order valence-electron chi connectivity index (χ1n) is 25.1. The summed E-state index contributed by atoms with van der Waals surface area (Å²) in [5.74, 6) is -1.66. The molecule has 2 heterocycles. The van der Waals surface area contributed by atoms with Crippen LogP contribution in [0.2, 0.25) is 0 Å². The Balaban J connectivity index is 2.25. The maximum Gasteiger partial charge on any atom is 0.481 e. The topological polar surface area (TPSA) is 393 Å². The highest BCUT2D eigenvalue weighted by atomic mass is 31.3. The van der Waals surface area contributed by atoms with Crippen LogP contribution in [-0.4, -0.2) is 161 Å². The number of nitrogens with two attached hydrogens (primary N) is 1. The van der Waals surface area contributed by atoms with Gasteiger partial charge in [-0.1, -0.05) is 129 Å². The number of carbonyl (C=O) groups is 2. The van der Waals surface area contributed by atoms with Crippen LogP contribution in [0.3, 0.4) is 0 Å². The van der Waals surface area contributed by atoms with Gasteiger partial charge in [0.25, 0.3) is 0 Å². The number of ether oxygens (including phenoxy) is 3. The van der Waals surface area contributed by atoms with Crippen molar-refractivity contribution in [3.05, 3.63) is 0 Å². The molecular formula is C43H86N3O21P3. The number of hydrogen-bond acceptors (Lipinski definition) is 18. The normalized spacial score (nSPS) is 28.0. The molecule has 0 spiro atoms. The van der Waals surface area contributed by atoms with Crippen molar-refractivity contribution < 1.29 is 101 Å². The average molecular weight is 1070 g/mol. The molecule has 8 unspecified atom stereocenters. The van der Waals surface area contributed by atoms with Gasteiger partial charge in [-0.05, 0) is 12.8 Å². The molecule has 0 bridgehead atoms. The maximum absolute atomic E-state index is 13.3. The van der Waals surface area contributed by atoms with Crippen molar-refractivity contribution in [3.8, 4) is 0 Å². The Morgan fingerprint density at radius 3 is 1.61 bits per heavy atom. The van der Waals surface area contributed by atoms with Crippen molar-refractivity contribution in [3.63, 3.8) is 0 Å². The number of rotatable bonds is 38. The molecule has 0 aromatic carbocycles. The molecule has 24 nitrogen and oxygen atoms in total. The lowest BCUT2D eigenvalue weighted by atomic mass is 9.96. The highest BCUT2D eigenvalue weighted by Crippen LogP contribution is 2.60. The van der Waals surface area contributed by atoms with Crippen LogP contribution in [0.5, 0.6) is 0 Å². The smallest absolute Gasteiger partial charge is 0.394 e. The van der Waals surface area contributed by atoms with E-state index < -0.39 is 154 Å². The van der Waals surface area contributed by atoms with Crippen molar-refractivity contribution in [1.29, 1.82) is 0 Å². The van der Waals surface area contributed by atoms with E-state index in [2.05, 4.69) is 28.8 Å². The molecule has 14 N–H and O–H groups in total. The van der Waals surface area contributed by atoms with E-state index in [1.807, 2.05) is 0 Å². The highest BCUT2D eigenvalue weighted by molar-refractivity contribution is 7.64. The molecule has 414 valence electrons. The van der Waals surface area contributed by atoms with Gasteiger partial charge in [-0.2, -0.15) is 0 Å². The van der Waals surface area contributed by atoms with E-state index in [0.717, 1.165) is 77.0 Å². The van der Waals surface area contributed by atoms with E-state index in [1.165, 1.54) is 25.7 Å². The van der Waals surface area contributed by atoms with Crippen LogP contribution in [0.1, 0.15) is 162 Å². The molecule has 0 saturated carbocycles. The van der Waals surface area contributed by atoms with Gasteiger partial charge < -0.3 is 80.8 Å². The summed E-state index contributed by atoms with van der Waals surface area (Å²) in [6, 6.07) is -3.31. The number of amides is 2. The van der Waals surface area contributed by atoms with Gasteiger partial charge in [-0.3, -0.25) is 23.2 Å². The molecule has 0 aliphatic carbocycles. The van der Waals surface area contributed by atoms with Gasteiger partial charge in [0.1, 0.15) is 36.6 Å². The number of unbranched alkanes of at least 4 members (excludes halogenated alkanes) is 16. The van der Waals surface area contributed by atoms with Crippen molar-refractivity contribution in [2.24, 2.45) is 5.73 Å². The summed E-state index contributed by atoms with van der Waals surface area (Å²) in [7, 11) is -15.8. The minimum Gasteiger partial charge on any atom is -0.394 e. The van der Waals surface area contributed by atoms with Crippen molar-refractivity contribution >= 4 is 35.1 Å². The fourth-order valence-corrected chi connectivity index (χ4v) is 11.5. The number of phosphoric ester groups is 2. The van der Waals surface area contributed by atoms with Gasteiger partial charge >= 0.3 is 23.2 Å². The van der Waals surface area contributed by atoms with E-state index in [0.29, 0.717) is 19.3 Å². The molecule has 2 aliphatic heterocycles. The molecule has 0 radical (unpaired) electrons. The minimum absolute atomic E-state index is 0.256. The Kier molecular flexibility index (Phi) is 32.1. The van der Waals surface area contributed by atoms with Crippen LogP contribution in [0, 0.1) is 0 Å². The zero-order valence-corrected chi connectivity index (χ0v) is 43.6. The summed E-state index contributed by atoms with van der Waals surface area (Å²) >= 11 is 0. The molecule has 14 atom stereocenters. The highest BCUT2D eigenvalue weighted by Gasteiger charge is 2.51. The zero-order valence-electron chi connectivity index (χ0n) is 40.9. The quantitative estimate of drug-likeness (QED) is 0.0312. The maximum atomic E-state index is 13.3. The van der Waals surface area contributed by atoms with Gasteiger partial charge in [0.2, 0.25) is 11.8 Å². The molecule has 0 aromatic heterocycles. The van der Waals surface area contributed by atoms with Gasteiger partial charge in [0.05, 0.1) is 56.6 Å². The summed E-state index contributed by atoms with van der Waals surface area (Å²) in [5.41, 5.74) is 5.32. The Morgan fingerprint density at radius 1 is 0.671 bits per heavy atom. The fraction of sp³-hybridized carbons (Fsp3) is 0.953. The van der Waals surface area contributed by atoms with Crippen LogP contribution >= 0.6 is 23.2 Å². The third kappa shape index (κ3) is 26.9. The number of phosphoric acid groups is 2. The van der Waals surface area contributed by atoms with E-state index in [4.69, 9.17) is 29.0 Å². The Morgan fingerprint density at radius 2 is 1.14 bits per heavy atom. The first kappa shape index (κ1) is 65.1. The third-order valence-electron chi connectivity index (χ3n) is 12.1. The lowest BCUT2D eigenvalue weighted by molar-refractivity contribution is -0.271. The van der Waals surface area contributed by atoms with E-state index in [9.17, 15) is 73.5 Å². The second-order valence-corrected chi connectivity index (χ2v) is 23.2. The van der Waals surface area contributed by atoms with Crippen LogP contribution in [0.15, 0.2) is 0 Å². The fourth-order valence-electron chi connectivity index (χ4n) is 8.37. The molecule has 2 aliphatic rings. The summed E-state index contributed by atoms with van der Waals surface area (Å²) < 4.78 is 69.1. The third-order valence-corrected chi connectivity index (χ3v) is 15.8. The molecule has 2 saturated heterocycles. The van der Waals surface area contributed by atoms with Crippen LogP contribution in [0.4, 0.5) is 0 Å². The van der Waals surface area contributed by atoms with Gasteiger partial charge in [-0.15, -0.1) is 0 Å². The van der Waals surface area contributed by atoms with E-state index in [-0.39, 0.29) is 6.42 Å². The Bertz CT molecular complexity index is 1600. The van der Waals surface area contributed by atoms with Crippen molar-refractivity contribution in [2.75, 3.05) is 25.9 Å². The van der Waals surface area contributed by atoms with Crippen LogP contribution in [-0.2, 0) is 50.9 Å².